The summed E-state index contributed by atoms with van der Waals surface area (Å²) in [4.78, 5) is 12.3. The van der Waals surface area contributed by atoms with Gasteiger partial charge in [-0.15, -0.1) is 10.2 Å². The van der Waals surface area contributed by atoms with Crippen LogP contribution >= 0.6 is 11.8 Å². The van der Waals surface area contributed by atoms with Gasteiger partial charge in [-0.1, -0.05) is 42.1 Å². The molecule has 0 spiro atoms. The lowest BCUT2D eigenvalue weighted by molar-refractivity contribution is -0.115. The molecule has 0 fully saturated rings. The fourth-order valence-corrected chi connectivity index (χ4v) is 3.20. The van der Waals surface area contributed by atoms with E-state index >= 15 is 0 Å². The summed E-state index contributed by atoms with van der Waals surface area (Å²) < 4.78 is 6.59. The van der Waals surface area contributed by atoms with Crippen molar-refractivity contribution in [2.24, 2.45) is 0 Å². The lowest BCUT2D eigenvalue weighted by atomic mass is 10.1. The van der Waals surface area contributed by atoms with Crippen molar-refractivity contribution >= 4 is 23.4 Å². The summed E-state index contributed by atoms with van der Waals surface area (Å²) in [6.45, 7) is 1.81. The third-order valence-electron chi connectivity index (χ3n) is 3.95. The highest BCUT2D eigenvalue weighted by atomic mass is 32.2. The molecule has 0 unspecified atom stereocenters. The fourth-order valence-electron chi connectivity index (χ4n) is 2.41. The molecule has 0 bridgehead atoms. The number of benzene rings is 2. The summed E-state index contributed by atoms with van der Waals surface area (Å²) in [6.07, 6.45) is 0.540. The number of aromatic nitrogens is 3. The van der Waals surface area contributed by atoms with Gasteiger partial charge in [0.15, 0.2) is 5.82 Å². The Labute approximate surface area is 161 Å². The van der Waals surface area contributed by atoms with Crippen molar-refractivity contribution < 1.29 is 9.53 Å². The monoisotopic (exact) mass is 383 g/mol. The second-order valence-corrected chi connectivity index (χ2v) is 7.22. The highest BCUT2D eigenvalue weighted by Gasteiger charge is 2.19. The zero-order valence-electron chi connectivity index (χ0n) is 15.1. The Balaban J connectivity index is 1.63. The number of thioether (sulfide) groups is 1. The molecular weight excluding hydrogens is 362 g/mol. The highest BCUT2D eigenvalue weighted by molar-refractivity contribution is 8.00. The molecule has 1 amide bonds. The molecule has 8 heteroatoms. The number of anilines is 1. The number of rotatable bonds is 7. The predicted molar refractivity (Wildman–Crippen MR) is 106 cm³/mol. The largest absolute Gasteiger partial charge is 0.497 e. The zero-order valence-corrected chi connectivity index (χ0v) is 15.9. The summed E-state index contributed by atoms with van der Waals surface area (Å²) in [5.41, 5.74) is 1.80. The number of para-hydroxylation sites is 1. The molecule has 3 rings (SSSR count). The Bertz CT molecular complexity index is 896. The molecule has 0 saturated carbocycles. The van der Waals surface area contributed by atoms with Crippen LogP contribution in [0.3, 0.4) is 0 Å². The number of hydrogen-bond donors (Lipinski definition) is 2. The number of hydrogen-bond acceptors (Lipinski definition) is 6. The Morgan fingerprint density at radius 2 is 1.89 bits per heavy atom. The zero-order chi connectivity index (χ0) is 19.2. The van der Waals surface area contributed by atoms with E-state index in [1.807, 2.05) is 54.6 Å². The summed E-state index contributed by atoms with van der Waals surface area (Å²) in [7, 11) is 1.63. The van der Waals surface area contributed by atoms with Gasteiger partial charge in [-0.2, -0.15) is 0 Å². The Morgan fingerprint density at radius 3 is 2.56 bits per heavy atom. The van der Waals surface area contributed by atoms with Gasteiger partial charge in [-0.25, -0.2) is 4.68 Å². The number of amides is 1. The van der Waals surface area contributed by atoms with Crippen molar-refractivity contribution in [2.75, 3.05) is 18.3 Å². The van der Waals surface area contributed by atoms with Crippen molar-refractivity contribution in [3.05, 3.63) is 66.0 Å². The number of ether oxygens (including phenoxy) is 1. The molecule has 7 nitrogen and oxygen atoms in total. The maximum atomic E-state index is 12.3. The van der Waals surface area contributed by atoms with Crippen LogP contribution < -0.4 is 15.9 Å². The van der Waals surface area contributed by atoms with Crippen LogP contribution in [0.25, 0.3) is 0 Å². The standard InChI is InChI=1S/C19H21N5O2S/c1-13(18(25)21-15-6-4-3-5-7-15)27-19-23-22-17(24(19)20)12-14-8-10-16(26-2)11-9-14/h3-11,13H,12,20H2,1-2H3,(H,21,25)/t13-/m0/s1. The van der Waals surface area contributed by atoms with Gasteiger partial charge in [0.1, 0.15) is 5.75 Å². The third-order valence-corrected chi connectivity index (χ3v) is 5.01. The first-order valence-electron chi connectivity index (χ1n) is 8.41. The Morgan fingerprint density at radius 1 is 1.19 bits per heavy atom. The van der Waals surface area contributed by atoms with Crippen molar-refractivity contribution in [2.45, 2.75) is 23.8 Å². The van der Waals surface area contributed by atoms with Crippen LogP contribution in [0.5, 0.6) is 5.75 Å². The van der Waals surface area contributed by atoms with Crippen LogP contribution in [0.15, 0.2) is 59.8 Å². The number of methoxy groups -OCH3 is 1. The third kappa shape index (κ3) is 4.79. The van der Waals surface area contributed by atoms with E-state index in [4.69, 9.17) is 10.6 Å². The fraction of sp³-hybridized carbons (Fsp3) is 0.211. The Hall–Kier alpha value is -3.00. The molecule has 0 saturated heterocycles. The van der Waals surface area contributed by atoms with E-state index in [9.17, 15) is 4.79 Å². The van der Waals surface area contributed by atoms with Crippen molar-refractivity contribution in [1.82, 2.24) is 14.9 Å². The van der Waals surface area contributed by atoms with E-state index in [1.165, 1.54) is 16.4 Å². The molecule has 3 N–H and O–H groups in total. The molecule has 27 heavy (non-hydrogen) atoms. The first-order valence-corrected chi connectivity index (χ1v) is 9.29. The van der Waals surface area contributed by atoms with Crippen LogP contribution in [-0.4, -0.2) is 33.1 Å². The van der Waals surface area contributed by atoms with E-state index in [1.54, 1.807) is 14.0 Å². The molecule has 0 aliphatic carbocycles. The van der Waals surface area contributed by atoms with Gasteiger partial charge in [0.25, 0.3) is 0 Å². The topological polar surface area (TPSA) is 95.1 Å². The average molecular weight is 383 g/mol. The van der Waals surface area contributed by atoms with Gasteiger partial charge >= 0.3 is 0 Å². The quantitative estimate of drug-likeness (QED) is 0.481. The van der Waals surface area contributed by atoms with Gasteiger partial charge in [0, 0.05) is 12.1 Å². The van der Waals surface area contributed by atoms with E-state index in [-0.39, 0.29) is 11.2 Å². The summed E-state index contributed by atoms with van der Waals surface area (Å²) in [5.74, 6) is 7.42. The van der Waals surface area contributed by atoms with Gasteiger partial charge in [-0.3, -0.25) is 4.79 Å². The first-order chi connectivity index (χ1) is 13.1. The first kappa shape index (κ1) is 18.8. The maximum Gasteiger partial charge on any atom is 0.237 e. The van der Waals surface area contributed by atoms with Crippen LogP contribution in [0.4, 0.5) is 5.69 Å². The summed E-state index contributed by atoms with van der Waals surface area (Å²) in [6, 6.07) is 17.0. The maximum absolute atomic E-state index is 12.3. The normalized spacial score (nSPS) is 11.8. The number of nitrogens with two attached hydrogens (primary N) is 1. The van der Waals surface area contributed by atoms with Crippen molar-refractivity contribution in [3.8, 4) is 5.75 Å². The Kier molecular flexibility index (Phi) is 5.97. The molecular formula is C19H21N5O2S. The smallest absolute Gasteiger partial charge is 0.237 e. The number of carbonyl (C=O) groups is 1. The SMILES string of the molecule is COc1ccc(Cc2nnc(S[C@@H](C)C(=O)Nc3ccccc3)n2N)cc1. The van der Waals surface area contributed by atoms with Crippen LogP contribution in [0.1, 0.15) is 18.3 Å². The van der Waals surface area contributed by atoms with Crippen LogP contribution in [-0.2, 0) is 11.2 Å². The molecule has 0 radical (unpaired) electrons. The molecule has 3 aromatic rings. The molecule has 1 heterocycles. The lowest BCUT2D eigenvalue weighted by Crippen LogP contribution is -2.23. The van der Waals surface area contributed by atoms with Gasteiger partial charge < -0.3 is 15.9 Å². The minimum absolute atomic E-state index is 0.120. The molecule has 1 aromatic heterocycles. The number of nitrogens with one attached hydrogen (secondary N) is 1. The minimum Gasteiger partial charge on any atom is -0.497 e. The van der Waals surface area contributed by atoms with Gasteiger partial charge in [-0.05, 0) is 36.8 Å². The number of nitrogen functional groups attached to an aromatic ring is 1. The number of nitrogens with zero attached hydrogens (tertiary/aromatic N) is 3. The molecule has 140 valence electrons. The minimum atomic E-state index is -0.370. The summed E-state index contributed by atoms with van der Waals surface area (Å²) in [5, 5.41) is 11.3. The molecule has 1 atom stereocenters. The molecule has 0 aliphatic rings. The molecule has 2 aromatic carbocycles. The average Bonchev–Trinajstić information content (AvgIpc) is 3.03. The van der Waals surface area contributed by atoms with E-state index in [0.29, 0.717) is 17.4 Å². The highest BCUT2D eigenvalue weighted by Crippen LogP contribution is 2.23. The second kappa shape index (κ2) is 8.59. The summed E-state index contributed by atoms with van der Waals surface area (Å²) >= 11 is 1.27. The van der Waals surface area contributed by atoms with Crippen LogP contribution in [0.2, 0.25) is 0 Å². The van der Waals surface area contributed by atoms with E-state index in [0.717, 1.165) is 17.0 Å². The van der Waals surface area contributed by atoms with E-state index < -0.39 is 0 Å². The van der Waals surface area contributed by atoms with Crippen LogP contribution in [0, 0.1) is 0 Å². The van der Waals surface area contributed by atoms with Gasteiger partial charge in [0.05, 0.1) is 12.4 Å². The van der Waals surface area contributed by atoms with E-state index in [2.05, 4.69) is 15.5 Å². The van der Waals surface area contributed by atoms with Crippen molar-refractivity contribution in [3.63, 3.8) is 0 Å². The molecule has 0 aliphatic heterocycles. The van der Waals surface area contributed by atoms with Crippen molar-refractivity contribution in [1.29, 1.82) is 0 Å². The predicted octanol–water partition coefficient (Wildman–Crippen LogP) is 2.71. The lowest BCUT2D eigenvalue weighted by Gasteiger charge is -2.11. The van der Waals surface area contributed by atoms with Gasteiger partial charge in [0.2, 0.25) is 11.1 Å². The second-order valence-electron chi connectivity index (χ2n) is 5.91. The number of carbonyl (C=O) groups excluding carboxylic acids is 1.